The number of carboxylic acids is 1. The molecule has 0 spiro atoms. The molecule has 0 radical (unpaired) electrons. The fourth-order valence-corrected chi connectivity index (χ4v) is 7.93. The van der Waals surface area contributed by atoms with Crippen LogP contribution < -0.4 is 5.32 Å². The molecule has 7 nitrogen and oxygen atoms in total. The molecule has 2 atom stereocenters. The van der Waals surface area contributed by atoms with Gasteiger partial charge in [0.05, 0.1) is 26.0 Å². The Morgan fingerprint density at radius 2 is 2.03 bits per heavy atom. The van der Waals surface area contributed by atoms with Gasteiger partial charge in [-0.05, 0) is 55.6 Å². The summed E-state index contributed by atoms with van der Waals surface area (Å²) in [6.07, 6.45) is 1.58. The Morgan fingerprint density at radius 3 is 2.72 bits per heavy atom. The zero-order valence-electron chi connectivity index (χ0n) is 16.9. The summed E-state index contributed by atoms with van der Waals surface area (Å²) in [7, 11) is -3.84. The summed E-state index contributed by atoms with van der Waals surface area (Å²) in [4.78, 5) is 16.2. The van der Waals surface area contributed by atoms with Gasteiger partial charge in [0.2, 0.25) is 0 Å². The maximum absolute atomic E-state index is 13.7. The Bertz CT molecular complexity index is 1260. The number of nitrogens with one attached hydrogen (secondary N) is 1. The molecule has 1 aliphatic rings. The molecule has 2 N–H and O–H groups in total. The lowest BCUT2D eigenvalue weighted by atomic mass is 10.0. The van der Waals surface area contributed by atoms with Crippen LogP contribution in [0.5, 0.6) is 0 Å². The molecule has 11 heteroatoms. The van der Waals surface area contributed by atoms with E-state index >= 15 is 0 Å². The van der Waals surface area contributed by atoms with Crippen molar-refractivity contribution < 1.29 is 18.3 Å². The Kier molecular flexibility index (Phi) is 7.02. The van der Waals surface area contributed by atoms with Crippen LogP contribution in [0.25, 0.3) is 11.0 Å². The first-order chi connectivity index (χ1) is 15.3. The number of benzene rings is 2. The number of aromatic nitrogens is 2. The van der Waals surface area contributed by atoms with Crippen molar-refractivity contribution in [3.05, 3.63) is 52.5 Å². The summed E-state index contributed by atoms with van der Waals surface area (Å²) < 4.78 is 28.2. The predicted octanol–water partition coefficient (Wildman–Crippen LogP) is 4.32. The van der Waals surface area contributed by atoms with Crippen molar-refractivity contribution in [2.24, 2.45) is 5.92 Å². The Hall–Kier alpha value is -1.78. The molecule has 1 aromatic heterocycles. The molecule has 32 heavy (non-hydrogen) atoms. The highest BCUT2D eigenvalue weighted by molar-refractivity contribution is 8.13. The van der Waals surface area contributed by atoms with Crippen molar-refractivity contribution in [2.75, 3.05) is 13.1 Å². The normalized spacial score (nSPS) is 18.0. The summed E-state index contributed by atoms with van der Waals surface area (Å²) in [6.45, 7) is 1.06. The smallest absolute Gasteiger partial charge is 0.323 e. The first-order valence-corrected chi connectivity index (χ1v) is 13.2. The molecule has 4 rings (SSSR count). The van der Waals surface area contributed by atoms with E-state index in [0.717, 1.165) is 31.1 Å². The molecule has 170 valence electrons. The van der Waals surface area contributed by atoms with Crippen molar-refractivity contribution in [3.63, 3.8) is 0 Å². The molecule has 2 unspecified atom stereocenters. The fourth-order valence-electron chi connectivity index (χ4n) is 3.85. The van der Waals surface area contributed by atoms with Crippen LogP contribution in [0.3, 0.4) is 0 Å². The molecule has 0 bridgehead atoms. The summed E-state index contributed by atoms with van der Waals surface area (Å²) in [5.41, 5.74) is 1.26. The Labute approximate surface area is 200 Å². The average molecular weight is 514 g/mol. The third kappa shape index (κ3) is 4.77. The van der Waals surface area contributed by atoms with Gasteiger partial charge in [-0.3, -0.25) is 4.79 Å². The molecule has 1 saturated heterocycles. The minimum atomic E-state index is -3.84. The van der Waals surface area contributed by atoms with E-state index in [0.29, 0.717) is 22.7 Å². The van der Waals surface area contributed by atoms with Gasteiger partial charge in [0.25, 0.3) is 0 Å². The van der Waals surface area contributed by atoms with E-state index in [1.165, 1.54) is 18.2 Å². The van der Waals surface area contributed by atoms with Crippen LogP contribution in [0.4, 0.5) is 0 Å². The number of aliphatic carboxylic acids is 1. The quantitative estimate of drug-likeness (QED) is 0.453. The summed E-state index contributed by atoms with van der Waals surface area (Å²) in [5, 5.41) is 13.5. The molecule has 1 aliphatic heterocycles. The van der Waals surface area contributed by atoms with Crippen LogP contribution in [-0.2, 0) is 21.2 Å². The molecule has 0 amide bonds. The zero-order valence-corrected chi connectivity index (χ0v) is 20.0. The van der Waals surface area contributed by atoms with Gasteiger partial charge in [-0.15, -0.1) is 0 Å². The Balaban J connectivity index is 1.80. The highest BCUT2D eigenvalue weighted by Crippen LogP contribution is 2.39. The fraction of sp³-hybridized carbons (Fsp3) is 0.333. The van der Waals surface area contributed by atoms with Crippen molar-refractivity contribution in [2.45, 2.75) is 34.0 Å². The van der Waals surface area contributed by atoms with E-state index in [1.54, 1.807) is 22.8 Å². The van der Waals surface area contributed by atoms with E-state index in [9.17, 15) is 18.3 Å². The standard InChI is InChI=1S/C21H21Cl2N3O4S2/c22-15-8-7-14(10-16(15)23)32(29,30)20(13-4-3-9-24-11-13)31-21-25-17-5-1-2-6-18(17)26(21)12-19(27)28/h1-2,5-8,10,13,20,24H,3-4,9,11-12H2,(H,27,28). The summed E-state index contributed by atoms with van der Waals surface area (Å²) in [6, 6.07) is 11.5. The highest BCUT2D eigenvalue weighted by atomic mass is 35.5. The molecule has 2 heterocycles. The number of fused-ring (bicyclic) bond motifs is 1. The van der Waals surface area contributed by atoms with Gasteiger partial charge in [0.15, 0.2) is 15.0 Å². The van der Waals surface area contributed by atoms with Gasteiger partial charge in [-0.2, -0.15) is 0 Å². The number of piperidine rings is 1. The van der Waals surface area contributed by atoms with Crippen molar-refractivity contribution in [1.29, 1.82) is 0 Å². The number of carbonyl (C=O) groups is 1. The van der Waals surface area contributed by atoms with Crippen LogP contribution >= 0.6 is 35.0 Å². The number of imidazole rings is 1. The van der Waals surface area contributed by atoms with Gasteiger partial charge >= 0.3 is 5.97 Å². The zero-order chi connectivity index (χ0) is 22.9. The molecular formula is C21H21Cl2N3O4S2. The largest absolute Gasteiger partial charge is 0.480 e. The third-order valence-corrected chi connectivity index (χ3v) is 10.2. The predicted molar refractivity (Wildman–Crippen MR) is 126 cm³/mol. The minimum Gasteiger partial charge on any atom is -0.480 e. The van der Waals surface area contributed by atoms with Crippen molar-refractivity contribution in [3.8, 4) is 0 Å². The van der Waals surface area contributed by atoms with Gasteiger partial charge < -0.3 is 15.0 Å². The van der Waals surface area contributed by atoms with Crippen molar-refractivity contribution in [1.82, 2.24) is 14.9 Å². The second-order valence-corrected chi connectivity index (χ2v) is 11.9. The number of halogens is 2. The van der Waals surface area contributed by atoms with Crippen LogP contribution in [0.2, 0.25) is 10.0 Å². The lowest BCUT2D eigenvalue weighted by molar-refractivity contribution is -0.137. The molecule has 0 saturated carbocycles. The van der Waals surface area contributed by atoms with E-state index in [2.05, 4.69) is 10.3 Å². The van der Waals surface area contributed by atoms with Crippen LogP contribution in [0.1, 0.15) is 12.8 Å². The third-order valence-electron chi connectivity index (χ3n) is 5.38. The number of hydrogen-bond donors (Lipinski definition) is 2. The number of nitrogens with zero attached hydrogens (tertiary/aromatic N) is 2. The van der Waals surface area contributed by atoms with E-state index in [1.807, 2.05) is 6.07 Å². The lowest BCUT2D eigenvalue weighted by Crippen LogP contribution is -2.39. The topological polar surface area (TPSA) is 101 Å². The molecular weight excluding hydrogens is 493 g/mol. The van der Waals surface area contributed by atoms with Crippen LogP contribution in [-0.4, -0.2) is 46.7 Å². The highest BCUT2D eigenvalue weighted by Gasteiger charge is 2.38. The average Bonchev–Trinajstić information content (AvgIpc) is 3.11. The maximum Gasteiger partial charge on any atom is 0.323 e. The number of thioether (sulfide) groups is 1. The van der Waals surface area contributed by atoms with Gasteiger partial charge in [0.1, 0.15) is 11.1 Å². The van der Waals surface area contributed by atoms with E-state index < -0.39 is 20.4 Å². The number of hydrogen-bond acceptors (Lipinski definition) is 6. The number of para-hydroxylation sites is 2. The SMILES string of the molecule is O=C(O)Cn1c(SC(C2CCCNC2)S(=O)(=O)c2ccc(Cl)c(Cl)c2)nc2ccccc21. The summed E-state index contributed by atoms with van der Waals surface area (Å²) >= 11 is 13.2. The van der Waals surface area contributed by atoms with Crippen LogP contribution in [0.15, 0.2) is 52.5 Å². The maximum atomic E-state index is 13.7. The minimum absolute atomic E-state index is 0.0795. The lowest BCUT2D eigenvalue weighted by Gasteiger charge is -2.30. The van der Waals surface area contributed by atoms with Gasteiger partial charge in [0, 0.05) is 6.54 Å². The molecule has 2 aromatic carbocycles. The van der Waals surface area contributed by atoms with Crippen LogP contribution in [0, 0.1) is 5.92 Å². The summed E-state index contributed by atoms with van der Waals surface area (Å²) in [5.74, 6) is -1.22. The number of rotatable bonds is 7. The number of carboxylic acid groups (broad SMARTS) is 1. The van der Waals surface area contributed by atoms with E-state index in [-0.39, 0.29) is 27.4 Å². The van der Waals surface area contributed by atoms with E-state index in [4.69, 9.17) is 23.2 Å². The Morgan fingerprint density at radius 1 is 1.25 bits per heavy atom. The second kappa shape index (κ2) is 9.61. The number of sulfone groups is 1. The molecule has 0 aliphatic carbocycles. The van der Waals surface area contributed by atoms with Gasteiger partial charge in [-0.25, -0.2) is 13.4 Å². The first kappa shape index (κ1) is 23.4. The monoisotopic (exact) mass is 513 g/mol. The second-order valence-electron chi connectivity index (χ2n) is 7.58. The van der Waals surface area contributed by atoms with Gasteiger partial charge in [-0.1, -0.05) is 47.1 Å². The first-order valence-electron chi connectivity index (χ1n) is 10.0. The molecule has 1 fully saturated rings. The molecule has 3 aromatic rings. The van der Waals surface area contributed by atoms with Crippen molar-refractivity contribution >= 4 is 61.8 Å².